The molecule has 1 saturated carbocycles. The minimum atomic E-state index is -0.415. The van der Waals surface area contributed by atoms with Gasteiger partial charge in [0.1, 0.15) is 6.10 Å². The highest BCUT2D eigenvalue weighted by Gasteiger charge is 2.23. The Morgan fingerprint density at radius 2 is 1.89 bits per heavy atom. The molecule has 0 unspecified atom stereocenters. The summed E-state index contributed by atoms with van der Waals surface area (Å²) in [6.07, 6.45) is 3.32. The quantitative estimate of drug-likeness (QED) is 0.652. The minimum absolute atomic E-state index is 0.0955. The summed E-state index contributed by atoms with van der Waals surface area (Å²) in [7, 11) is 0. The van der Waals surface area contributed by atoms with Gasteiger partial charge >= 0.3 is 5.97 Å². The van der Waals surface area contributed by atoms with Crippen molar-refractivity contribution < 1.29 is 14.3 Å². The van der Waals surface area contributed by atoms with Gasteiger partial charge in [0.15, 0.2) is 0 Å². The van der Waals surface area contributed by atoms with E-state index in [0.29, 0.717) is 17.2 Å². The van der Waals surface area contributed by atoms with Gasteiger partial charge in [-0.1, -0.05) is 12.7 Å². The van der Waals surface area contributed by atoms with Crippen molar-refractivity contribution in [3.8, 4) is 0 Å². The monoisotopic (exact) mass is 259 g/mol. The molecule has 100 valence electrons. The van der Waals surface area contributed by atoms with Crippen LogP contribution in [-0.4, -0.2) is 24.0 Å². The number of esters is 1. The molecule has 4 nitrogen and oxygen atoms in total. The van der Waals surface area contributed by atoms with Crippen LogP contribution in [0.3, 0.4) is 0 Å². The molecule has 0 radical (unpaired) electrons. The Labute approximate surface area is 112 Å². The second-order valence-corrected chi connectivity index (χ2v) is 4.67. The van der Waals surface area contributed by atoms with Crippen LogP contribution in [0.4, 0.5) is 0 Å². The molecule has 1 atom stereocenters. The average Bonchev–Trinajstić information content (AvgIpc) is 3.22. The predicted molar refractivity (Wildman–Crippen MR) is 72.0 cm³/mol. The molecule has 1 N–H and O–H groups in total. The Kier molecular flexibility index (Phi) is 4.00. The fraction of sp³-hybridized carbons (Fsp3) is 0.333. The summed E-state index contributed by atoms with van der Waals surface area (Å²) in [6, 6.07) is 6.78. The van der Waals surface area contributed by atoms with Crippen LogP contribution in [0, 0.1) is 0 Å². The number of amides is 1. The third-order valence-corrected chi connectivity index (χ3v) is 2.92. The molecule has 0 aromatic heterocycles. The lowest BCUT2D eigenvalue weighted by molar-refractivity contribution is 0.0425. The normalized spacial score (nSPS) is 15.4. The Morgan fingerprint density at radius 3 is 2.42 bits per heavy atom. The second kappa shape index (κ2) is 5.69. The van der Waals surface area contributed by atoms with E-state index in [9.17, 15) is 9.59 Å². The number of ether oxygens (including phenoxy) is 1. The van der Waals surface area contributed by atoms with Crippen LogP contribution < -0.4 is 5.32 Å². The molecular formula is C15H17NO3. The van der Waals surface area contributed by atoms with Crippen LogP contribution in [-0.2, 0) is 4.74 Å². The van der Waals surface area contributed by atoms with E-state index < -0.39 is 5.97 Å². The lowest BCUT2D eigenvalue weighted by Gasteiger charge is -2.09. The highest BCUT2D eigenvalue weighted by Crippen LogP contribution is 2.19. The Balaban J connectivity index is 1.98. The summed E-state index contributed by atoms with van der Waals surface area (Å²) in [4.78, 5) is 23.5. The largest absolute Gasteiger partial charge is 0.455 e. The fourth-order valence-electron chi connectivity index (χ4n) is 1.54. The van der Waals surface area contributed by atoms with Crippen molar-refractivity contribution in [2.24, 2.45) is 0 Å². The average molecular weight is 259 g/mol. The van der Waals surface area contributed by atoms with E-state index in [2.05, 4.69) is 11.9 Å². The molecule has 0 spiro atoms. The van der Waals surface area contributed by atoms with Gasteiger partial charge in [-0.25, -0.2) is 4.79 Å². The number of benzene rings is 1. The molecule has 1 aliphatic carbocycles. The van der Waals surface area contributed by atoms with E-state index in [1.807, 2.05) is 0 Å². The number of carbonyl (C=O) groups excluding carboxylic acids is 2. The molecule has 1 aromatic rings. The molecular weight excluding hydrogens is 242 g/mol. The van der Waals surface area contributed by atoms with Gasteiger partial charge in [0.2, 0.25) is 0 Å². The molecule has 1 amide bonds. The van der Waals surface area contributed by atoms with Gasteiger partial charge in [0.25, 0.3) is 5.91 Å². The van der Waals surface area contributed by atoms with Gasteiger partial charge in [-0.15, -0.1) is 0 Å². The van der Waals surface area contributed by atoms with Crippen molar-refractivity contribution in [2.45, 2.75) is 31.9 Å². The van der Waals surface area contributed by atoms with E-state index in [1.54, 1.807) is 37.3 Å². The van der Waals surface area contributed by atoms with Crippen LogP contribution in [0.1, 0.15) is 40.5 Å². The molecule has 0 aliphatic heterocycles. The molecule has 19 heavy (non-hydrogen) atoms. The maximum absolute atomic E-state index is 11.8. The maximum Gasteiger partial charge on any atom is 0.338 e. The number of hydrogen-bond acceptors (Lipinski definition) is 3. The van der Waals surface area contributed by atoms with Crippen LogP contribution in [0.25, 0.3) is 0 Å². The van der Waals surface area contributed by atoms with Gasteiger partial charge in [-0.05, 0) is 44.0 Å². The van der Waals surface area contributed by atoms with Gasteiger partial charge < -0.3 is 10.1 Å². The van der Waals surface area contributed by atoms with Crippen LogP contribution in [0.5, 0.6) is 0 Å². The van der Waals surface area contributed by atoms with E-state index in [-0.39, 0.29) is 12.0 Å². The Hall–Kier alpha value is -2.10. The van der Waals surface area contributed by atoms with Crippen LogP contribution >= 0.6 is 0 Å². The fourth-order valence-corrected chi connectivity index (χ4v) is 1.54. The zero-order chi connectivity index (χ0) is 13.8. The van der Waals surface area contributed by atoms with Crippen molar-refractivity contribution in [3.63, 3.8) is 0 Å². The number of rotatable bonds is 5. The molecule has 1 aliphatic rings. The zero-order valence-electron chi connectivity index (χ0n) is 10.9. The van der Waals surface area contributed by atoms with Crippen molar-refractivity contribution in [1.82, 2.24) is 5.32 Å². The van der Waals surface area contributed by atoms with E-state index >= 15 is 0 Å². The third kappa shape index (κ3) is 3.68. The molecule has 4 heteroatoms. The minimum Gasteiger partial charge on any atom is -0.455 e. The molecule has 0 bridgehead atoms. The molecule has 2 rings (SSSR count). The van der Waals surface area contributed by atoms with Gasteiger partial charge in [-0.2, -0.15) is 0 Å². The Morgan fingerprint density at radius 1 is 1.32 bits per heavy atom. The van der Waals surface area contributed by atoms with Crippen molar-refractivity contribution in [3.05, 3.63) is 48.0 Å². The Bertz CT molecular complexity index is 489. The van der Waals surface area contributed by atoms with E-state index in [0.717, 1.165) is 12.8 Å². The van der Waals surface area contributed by atoms with Crippen molar-refractivity contribution in [1.29, 1.82) is 0 Å². The standard InChI is InChI=1S/C15H17NO3/c1-3-10(2)19-15(18)12-6-4-11(5-7-12)14(17)16-13-8-9-13/h3-7,10,13H,1,8-9H2,2H3,(H,16,17)/t10-/m1/s1. The number of hydrogen-bond donors (Lipinski definition) is 1. The van der Waals surface area contributed by atoms with Crippen molar-refractivity contribution >= 4 is 11.9 Å². The number of carbonyl (C=O) groups is 2. The maximum atomic E-state index is 11.8. The molecule has 1 fully saturated rings. The smallest absolute Gasteiger partial charge is 0.338 e. The van der Waals surface area contributed by atoms with E-state index in [4.69, 9.17) is 4.74 Å². The topological polar surface area (TPSA) is 55.4 Å². The first-order valence-electron chi connectivity index (χ1n) is 6.34. The molecule has 0 heterocycles. The zero-order valence-corrected chi connectivity index (χ0v) is 10.9. The molecule has 0 saturated heterocycles. The first-order chi connectivity index (χ1) is 9.10. The van der Waals surface area contributed by atoms with Crippen LogP contribution in [0.15, 0.2) is 36.9 Å². The summed E-state index contributed by atoms with van der Waals surface area (Å²) < 4.78 is 5.10. The summed E-state index contributed by atoms with van der Waals surface area (Å²) in [5.74, 6) is -0.511. The SMILES string of the molecule is C=C[C@@H](C)OC(=O)c1ccc(C(=O)NC2CC2)cc1. The van der Waals surface area contributed by atoms with Gasteiger partial charge in [0.05, 0.1) is 5.56 Å². The first kappa shape index (κ1) is 13.3. The van der Waals surface area contributed by atoms with Gasteiger partial charge in [0, 0.05) is 11.6 Å². The summed E-state index contributed by atoms with van der Waals surface area (Å²) in [6.45, 7) is 5.29. The lowest BCUT2D eigenvalue weighted by atomic mass is 10.1. The van der Waals surface area contributed by atoms with Crippen LogP contribution in [0.2, 0.25) is 0 Å². The second-order valence-electron chi connectivity index (χ2n) is 4.67. The molecule has 1 aromatic carbocycles. The van der Waals surface area contributed by atoms with Crippen molar-refractivity contribution in [2.75, 3.05) is 0 Å². The van der Waals surface area contributed by atoms with Gasteiger partial charge in [-0.3, -0.25) is 4.79 Å². The third-order valence-electron chi connectivity index (χ3n) is 2.92. The number of nitrogens with one attached hydrogen (secondary N) is 1. The summed E-state index contributed by atoms with van der Waals surface area (Å²) >= 11 is 0. The summed E-state index contributed by atoms with van der Waals surface area (Å²) in [5, 5.41) is 2.89. The summed E-state index contributed by atoms with van der Waals surface area (Å²) in [5.41, 5.74) is 0.983. The highest BCUT2D eigenvalue weighted by molar-refractivity contribution is 5.96. The predicted octanol–water partition coefficient (Wildman–Crippen LogP) is 2.31. The lowest BCUT2D eigenvalue weighted by Crippen LogP contribution is -2.25. The first-order valence-corrected chi connectivity index (χ1v) is 6.34. The van der Waals surface area contributed by atoms with E-state index in [1.165, 1.54) is 0 Å². The highest BCUT2D eigenvalue weighted by atomic mass is 16.5.